The van der Waals surface area contributed by atoms with Crippen molar-refractivity contribution in [3.63, 3.8) is 0 Å². The summed E-state index contributed by atoms with van der Waals surface area (Å²) in [5.41, 5.74) is 4.95. The zero-order chi connectivity index (χ0) is 11.6. The third kappa shape index (κ3) is 2.32. The molecule has 1 aromatic rings. The summed E-state index contributed by atoms with van der Waals surface area (Å²) in [5, 5.41) is 6.25. The summed E-state index contributed by atoms with van der Waals surface area (Å²) in [6.07, 6.45) is 0.480. The van der Waals surface area contributed by atoms with E-state index < -0.39 is 21.0 Å². The van der Waals surface area contributed by atoms with Gasteiger partial charge in [-0.15, -0.1) is 10.2 Å². The molecule has 84 valence electrons. The van der Waals surface area contributed by atoms with Gasteiger partial charge < -0.3 is 5.73 Å². The zero-order valence-corrected chi connectivity index (χ0v) is 9.93. The highest BCUT2D eigenvalue weighted by molar-refractivity contribution is 7.93. The van der Waals surface area contributed by atoms with Crippen LogP contribution in [0.2, 0.25) is 0 Å². The average Bonchev–Trinajstić information content (AvgIpc) is 2.65. The van der Waals surface area contributed by atoms with Gasteiger partial charge in [-0.2, -0.15) is 0 Å². The van der Waals surface area contributed by atoms with Crippen LogP contribution >= 0.6 is 11.3 Å². The van der Waals surface area contributed by atoms with Crippen molar-refractivity contribution < 1.29 is 13.2 Å². The molecule has 0 spiro atoms. The van der Waals surface area contributed by atoms with Gasteiger partial charge in [0.2, 0.25) is 19.2 Å². The number of nitrogens with two attached hydrogens (primary N) is 1. The van der Waals surface area contributed by atoms with Crippen LogP contribution in [0.15, 0.2) is 4.34 Å². The number of amides is 1. The number of aromatic nitrogens is 2. The van der Waals surface area contributed by atoms with Crippen LogP contribution in [0.5, 0.6) is 0 Å². The summed E-state index contributed by atoms with van der Waals surface area (Å²) in [6, 6.07) is 0. The van der Waals surface area contributed by atoms with Gasteiger partial charge in [0.05, 0.1) is 5.25 Å². The van der Waals surface area contributed by atoms with Gasteiger partial charge in [-0.25, -0.2) is 8.42 Å². The molecular weight excluding hydrogens is 238 g/mol. The molecule has 1 rings (SSSR count). The van der Waals surface area contributed by atoms with Crippen molar-refractivity contribution in [3.8, 4) is 0 Å². The molecule has 1 heterocycles. The van der Waals surface area contributed by atoms with Gasteiger partial charge in [0.25, 0.3) is 5.91 Å². The third-order valence-electron chi connectivity index (χ3n) is 1.97. The number of hydrogen-bond donors (Lipinski definition) is 1. The number of carbonyl (C=O) groups is 1. The number of hydrogen-bond acceptors (Lipinski definition) is 6. The van der Waals surface area contributed by atoms with Gasteiger partial charge in [-0.3, -0.25) is 4.79 Å². The first-order chi connectivity index (χ1) is 6.89. The second kappa shape index (κ2) is 4.23. The summed E-state index contributed by atoms with van der Waals surface area (Å²) in [5.74, 6) is -0.766. The van der Waals surface area contributed by atoms with E-state index in [1.165, 1.54) is 0 Å². The van der Waals surface area contributed by atoms with Crippen LogP contribution in [-0.2, 0) is 9.84 Å². The highest BCUT2D eigenvalue weighted by atomic mass is 32.2. The van der Waals surface area contributed by atoms with Gasteiger partial charge >= 0.3 is 0 Å². The van der Waals surface area contributed by atoms with Gasteiger partial charge in [0.1, 0.15) is 0 Å². The molecule has 1 amide bonds. The van der Waals surface area contributed by atoms with E-state index in [1.54, 1.807) is 13.8 Å². The minimum Gasteiger partial charge on any atom is -0.363 e. The average molecular weight is 249 g/mol. The lowest BCUT2D eigenvalue weighted by Crippen LogP contribution is -2.16. The van der Waals surface area contributed by atoms with E-state index >= 15 is 0 Å². The molecule has 0 aliphatic carbocycles. The molecule has 0 aliphatic heterocycles. The molecule has 1 atom stereocenters. The van der Waals surface area contributed by atoms with E-state index in [-0.39, 0.29) is 9.35 Å². The minimum atomic E-state index is -3.46. The van der Waals surface area contributed by atoms with Crippen LogP contribution in [0.1, 0.15) is 30.1 Å². The largest absolute Gasteiger partial charge is 0.363 e. The van der Waals surface area contributed by atoms with Gasteiger partial charge in [0, 0.05) is 0 Å². The number of nitrogens with zero attached hydrogens (tertiary/aromatic N) is 2. The van der Waals surface area contributed by atoms with Crippen LogP contribution in [0.25, 0.3) is 0 Å². The number of carbonyl (C=O) groups excluding carboxylic acids is 1. The van der Waals surface area contributed by atoms with Crippen LogP contribution in [0.3, 0.4) is 0 Å². The summed E-state index contributed by atoms with van der Waals surface area (Å²) in [7, 11) is -3.46. The fourth-order valence-corrected chi connectivity index (χ4v) is 3.38. The summed E-state index contributed by atoms with van der Waals surface area (Å²) in [4.78, 5) is 10.7. The van der Waals surface area contributed by atoms with E-state index in [0.29, 0.717) is 17.8 Å². The highest BCUT2D eigenvalue weighted by Crippen LogP contribution is 2.21. The van der Waals surface area contributed by atoms with Gasteiger partial charge in [-0.05, 0) is 13.3 Å². The Balaban J connectivity index is 3.12. The minimum absolute atomic E-state index is 0.0862. The van der Waals surface area contributed by atoms with Crippen molar-refractivity contribution in [1.82, 2.24) is 10.2 Å². The predicted octanol–water partition coefficient (Wildman–Crippen LogP) is 0.209. The van der Waals surface area contributed by atoms with Crippen LogP contribution < -0.4 is 5.73 Å². The standard InChI is InChI=1S/C7H11N3O3S2/c1-3-4(2)15(12,13)7-10-9-6(14-7)5(8)11/h4H,3H2,1-2H3,(H2,8,11). The van der Waals surface area contributed by atoms with E-state index in [2.05, 4.69) is 10.2 Å². The van der Waals surface area contributed by atoms with Crippen molar-refractivity contribution in [2.24, 2.45) is 5.73 Å². The fraction of sp³-hybridized carbons (Fsp3) is 0.571. The molecule has 0 aliphatic rings. The van der Waals surface area contributed by atoms with Crippen LogP contribution in [0.4, 0.5) is 0 Å². The molecule has 2 N–H and O–H groups in total. The number of sulfone groups is 1. The Labute approximate surface area is 91.4 Å². The predicted molar refractivity (Wildman–Crippen MR) is 55.4 cm³/mol. The lowest BCUT2D eigenvalue weighted by Gasteiger charge is -2.05. The Kier molecular flexibility index (Phi) is 3.40. The lowest BCUT2D eigenvalue weighted by molar-refractivity contribution is 0.0999. The fourth-order valence-electron chi connectivity index (χ4n) is 0.816. The zero-order valence-electron chi connectivity index (χ0n) is 8.30. The van der Waals surface area contributed by atoms with Crippen LogP contribution in [0, 0.1) is 0 Å². The second-order valence-electron chi connectivity index (χ2n) is 3.00. The van der Waals surface area contributed by atoms with Gasteiger partial charge in [-0.1, -0.05) is 18.3 Å². The Hall–Kier alpha value is -1.02. The highest BCUT2D eigenvalue weighted by Gasteiger charge is 2.26. The molecule has 0 fully saturated rings. The third-order valence-corrected chi connectivity index (χ3v) is 5.61. The van der Waals surface area contributed by atoms with Crippen molar-refractivity contribution >= 4 is 27.1 Å². The molecule has 1 unspecified atom stereocenters. The second-order valence-corrected chi connectivity index (χ2v) is 6.52. The molecule has 0 saturated carbocycles. The lowest BCUT2D eigenvalue weighted by atomic mass is 10.4. The van der Waals surface area contributed by atoms with E-state index in [9.17, 15) is 13.2 Å². The monoisotopic (exact) mass is 249 g/mol. The Morgan fingerprint density at radius 1 is 1.53 bits per heavy atom. The molecule has 1 aromatic heterocycles. The van der Waals surface area contributed by atoms with Crippen molar-refractivity contribution in [3.05, 3.63) is 5.01 Å². The smallest absolute Gasteiger partial charge is 0.279 e. The summed E-state index contributed by atoms with van der Waals surface area (Å²) >= 11 is 0.707. The number of primary amides is 1. The molecule has 15 heavy (non-hydrogen) atoms. The molecule has 0 radical (unpaired) electrons. The summed E-state index contributed by atoms with van der Waals surface area (Å²) < 4.78 is 23.4. The first-order valence-electron chi connectivity index (χ1n) is 4.26. The van der Waals surface area contributed by atoms with Gasteiger partial charge in [0.15, 0.2) is 0 Å². The normalized spacial score (nSPS) is 13.7. The Bertz CT molecular complexity index is 466. The first kappa shape index (κ1) is 12.1. The molecule has 8 heteroatoms. The molecule has 0 aromatic carbocycles. The molecule has 0 bridgehead atoms. The Morgan fingerprint density at radius 2 is 2.13 bits per heavy atom. The van der Waals surface area contributed by atoms with Crippen molar-refractivity contribution in [2.75, 3.05) is 0 Å². The Morgan fingerprint density at radius 3 is 2.53 bits per heavy atom. The quantitative estimate of drug-likeness (QED) is 0.821. The van der Waals surface area contributed by atoms with Crippen molar-refractivity contribution in [1.29, 1.82) is 0 Å². The SMILES string of the molecule is CCC(C)S(=O)(=O)c1nnc(C(N)=O)s1. The molecular formula is C7H11N3O3S2. The van der Waals surface area contributed by atoms with Crippen molar-refractivity contribution in [2.45, 2.75) is 29.9 Å². The summed E-state index contributed by atoms with van der Waals surface area (Å²) in [6.45, 7) is 3.35. The molecule has 6 nitrogen and oxygen atoms in total. The first-order valence-corrected chi connectivity index (χ1v) is 6.63. The van der Waals surface area contributed by atoms with E-state index in [0.717, 1.165) is 0 Å². The van der Waals surface area contributed by atoms with Crippen LogP contribution in [-0.4, -0.2) is 29.8 Å². The van der Waals surface area contributed by atoms with E-state index in [4.69, 9.17) is 5.73 Å². The maximum Gasteiger partial charge on any atom is 0.279 e. The maximum absolute atomic E-state index is 11.8. The molecule has 0 saturated heterocycles. The topological polar surface area (TPSA) is 103 Å². The number of rotatable bonds is 4. The van der Waals surface area contributed by atoms with E-state index in [1.807, 2.05) is 0 Å². The maximum atomic E-state index is 11.8.